The van der Waals surface area contributed by atoms with E-state index < -0.39 is 0 Å². The molecule has 1 N–H and O–H groups in total. The van der Waals surface area contributed by atoms with Crippen molar-refractivity contribution in [2.24, 2.45) is 11.8 Å². The zero-order valence-electron chi connectivity index (χ0n) is 13.6. The average molecular weight is 289 g/mol. The second kappa shape index (κ2) is 5.91. The summed E-state index contributed by atoms with van der Waals surface area (Å²) in [4.78, 5) is 9.29. The van der Waals surface area contributed by atoms with E-state index in [2.05, 4.69) is 43.0 Å². The van der Waals surface area contributed by atoms with Crippen LogP contribution in [0.25, 0.3) is 0 Å². The normalized spacial score (nSPS) is 27.6. The van der Waals surface area contributed by atoms with E-state index >= 15 is 0 Å². The maximum absolute atomic E-state index is 5.90. The molecule has 21 heavy (non-hydrogen) atoms. The Morgan fingerprint density at radius 1 is 1.19 bits per heavy atom. The van der Waals surface area contributed by atoms with E-state index in [0.717, 1.165) is 30.3 Å². The van der Waals surface area contributed by atoms with Gasteiger partial charge in [-0.2, -0.15) is 0 Å². The Kier molecular flexibility index (Phi) is 4.16. The van der Waals surface area contributed by atoms with Gasteiger partial charge in [0.05, 0.1) is 12.2 Å². The highest BCUT2D eigenvalue weighted by atomic mass is 16.5. The molecule has 2 aliphatic heterocycles. The maximum atomic E-state index is 5.90. The van der Waals surface area contributed by atoms with E-state index in [-0.39, 0.29) is 0 Å². The van der Waals surface area contributed by atoms with Gasteiger partial charge in [0.15, 0.2) is 0 Å². The van der Waals surface area contributed by atoms with Crippen LogP contribution < -0.4 is 5.32 Å². The van der Waals surface area contributed by atoms with Gasteiger partial charge in [-0.3, -0.25) is 0 Å². The monoisotopic (exact) mass is 289 g/mol. The molecule has 0 amide bonds. The molecule has 4 heteroatoms. The molecule has 2 bridgehead atoms. The Morgan fingerprint density at radius 2 is 1.90 bits per heavy atom. The van der Waals surface area contributed by atoms with Crippen LogP contribution in [-0.2, 0) is 11.2 Å². The van der Waals surface area contributed by atoms with Crippen LogP contribution >= 0.6 is 0 Å². The van der Waals surface area contributed by atoms with Crippen LogP contribution in [0.5, 0.6) is 0 Å². The molecule has 3 heterocycles. The summed E-state index contributed by atoms with van der Waals surface area (Å²) >= 11 is 0. The molecule has 4 nitrogen and oxygen atoms in total. The van der Waals surface area contributed by atoms with Crippen LogP contribution in [-0.4, -0.2) is 28.7 Å². The first-order chi connectivity index (χ1) is 10.0. The highest BCUT2D eigenvalue weighted by Gasteiger charge is 2.40. The highest BCUT2D eigenvalue weighted by Crippen LogP contribution is 2.38. The molecule has 2 aliphatic rings. The number of hydrogen-bond acceptors (Lipinski definition) is 4. The van der Waals surface area contributed by atoms with E-state index in [0.29, 0.717) is 24.0 Å². The minimum atomic E-state index is 0.463. The highest BCUT2D eigenvalue weighted by molar-refractivity contribution is 5.34. The summed E-state index contributed by atoms with van der Waals surface area (Å²) in [6.45, 7) is 9.60. The molecule has 0 saturated carbocycles. The SMILES string of the molecule is Cc1nc(NCC2CC3CCC2O3)nc(C)c1CC(C)C. The minimum Gasteiger partial charge on any atom is -0.375 e. The van der Waals surface area contributed by atoms with Gasteiger partial charge in [0, 0.05) is 23.9 Å². The van der Waals surface area contributed by atoms with Gasteiger partial charge in [-0.1, -0.05) is 13.8 Å². The van der Waals surface area contributed by atoms with Crippen molar-refractivity contribution >= 4 is 5.95 Å². The van der Waals surface area contributed by atoms with Gasteiger partial charge in [0.25, 0.3) is 0 Å². The first-order valence-corrected chi connectivity index (χ1v) is 8.26. The molecule has 0 aromatic carbocycles. The Labute approximate surface area is 127 Å². The van der Waals surface area contributed by atoms with Crippen LogP contribution in [0.4, 0.5) is 5.95 Å². The van der Waals surface area contributed by atoms with Crippen molar-refractivity contribution in [3.63, 3.8) is 0 Å². The van der Waals surface area contributed by atoms with Crippen LogP contribution in [0.1, 0.15) is 50.1 Å². The number of nitrogens with one attached hydrogen (secondary N) is 1. The van der Waals surface area contributed by atoms with Crippen LogP contribution in [0.3, 0.4) is 0 Å². The smallest absolute Gasteiger partial charge is 0.223 e. The lowest BCUT2D eigenvalue weighted by atomic mass is 9.89. The summed E-state index contributed by atoms with van der Waals surface area (Å²) in [5, 5.41) is 3.43. The topological polar surface area (TPSA) is 47.0 Å². The quantitative estimate of drug-likeness (QED) is 0.903. The second-order valence-electron chi connectivity index (χ2n) is 7.05. The average Bonchev–Trinajstić information content (AvgIpc) is 3.02. The fourth-order valence-corrected chi connectivity index (χ4v) is 3.70. The summed E-state index contributed by atoms with van der Waals surface area (Å²) < 4.78 is 5.90. The molecule has 1 aromatic heterocycles. The third kappa shape index (κ3) is 3.20. The van der Waals surface area contributed by atoms with Crippen molar-refractivity contribution in [1.29, 1.82) is 0 Å². The summed E-state index contributed by atoms with van der Waals surface area (Å²) in [6, 6.07) is 0. The molecule has 3 rings (SSSR count). The molecular formula is C17H27N3O. The van der Waals surface area contributed by atoms with E-state index in [1.54, 1.807) is 0 Å². The van der Waals surface area contributed by atoms with Gasteiger partial charge in [-0.05, 0) is 51.0 Å². The lowest BCUT2D eigenvalue weighted by molar-refractivity contribution is 0.0941. The van der Waals surface area contributed by atoms with Crippen molar-refractivity contribution < 1.29 is 4.74 Å². The lowest BCUT2D eigenvalue weighted by Crippen LogP contribution is -2.25. The zero-order valence-corrected chi connectivity index (χ0v) is 13.6. The fourth-order valence-electron chi connectivity index (χ4n) is 3.70. The molecule has 2 saturated heterocycles. The Balaban J connectivity index is 1.63. The van der Waals surface area contributed by atoms with Gasteiger partial charge in [-0.25, -0.2) is 9.97 Å². The molecular weight excluding hydrogens is 262 g/mol. The number of anilines is 1. The van der Waals surface area contributed by atoms with Crippen LogP contribution in [0.15, 0.2) is 0 Å². The molecule has 2 fully saturated rings. The number of ether oxygens (including phenoxy) is 1. The largest absolute Gasteiger partial charge is 0.375 e. The Bertz CT molecular complexity index is 492. The van der Waals surface area contributed by atoms with Crippen LogP contribution in [0.2, 0.25) is 0 Å². The maximum Gasteiger partial charge on any atom is 0.223 e. The van der Waals surface area contributed by atoms with Crippen molar-refractivity contribution in [1.82, 2.24) is 9.97 Å². The molecule has 3 atom stereocenters. The van der Waals surface area contributed by atoms with Crippen LogP contribution in [0, 0.1) is 25.7 Å². The third-order valence-corrected chi connectivity index (χ3v) is 4.79. The number of aryl methyl sites for hydroxylation is 2. The molecule has 0 radical (unpaired) electrons. The Morgan fingerprint density at radius 3 is 2.43 bits per heavy atom. The van der Waals surface area contributed by atoms with E-state index in [1.807, 2.05) is 0 Å². The summed E-state index contributed by atoms with van der Waals surface area (Å²) in [7, 11) is 0. The molecule has 3 unspecified atom stereocenters. The van der Waals surface area contributed by atoms with Gasteiger partial charge in [0.1, 0.15) is 0 Å². The van der Waals surface area contributed by atoms with Gasteiger partial charge in [-0.15, -0.1) is 0 Å². The number of rotatable bonds is 5. The molecule has 116 valence electrons. The second-order valence-corrected chi connectivity index (χ2v) is 7.05. The molecule has 0 spiro atoms. The van der Waals surface area contributed by atoms with Crippen molar-refractivity contribution in [2.45, 2.75) is 65.6 Å². The predicted octanol–water partition coefficient (Wildman–Crippen LogP) is 3.27. The third-order valence-electron chi connectivity index (χ3n) is 4.79. The number of nitrogens with zero attached hydrogens (tertiary/aromatic N) is 2. The first kappa shape index (κ1) is 14.8. The Hall–Kier alpha value is -1.16. The van der Waals surface area contributed by atoms with E-state index in [9.17, 15) is 0 Å². The van der Waals surface area contributed by atoms with Gasteiger partial charge in [0.2, 0.25) is 5.95 Å². The number of fused-ring (bicyclic) bond motifs is 2. The van der Waals surface area contributed by atoms with Crippen molar-refractivity contribution in [3.8, 4) is 0 Å². The summed E-state index contributed by atoms with van der Waals surface area (Å²) in [5.41, 5.74) is 3.53. The number of hydrogen-bond donors (Lipinski definition) is 1. The fraction of sp³-hybridized carbons (Fsp3) is 0.765. The predicted molar refractivity (Wildman–Crippen MR) is 84.5 cm³/mol. The molecule has 0 aliphatic carbocycles. The van der Waals surface area contributed by atoms with Crippen molar-refractivity contribution in [3.05, 3.63) is 17.0 Å². The van der Waals surface area contributed by atoms with Gasteiger partial charge < -0.3 is 10.1 Å². The van der Waals surface area contributed by atoms with E-state index in [1.165, 1.54) is 24.8 Å². The molecule has 1 aromatic rings. The minimum absolute atomic E-state index is 0.463. The first-order valence-electron chi connectivity index (χ1n) is 8.26. The zero-order chi connectivity index (χ0) is 15.0. The van der Waals surface area contributed by atoms with Crippen molar-refractivity contribution in [2.75, 3.05) is 11.9 Å². The number of aromatic nitrogens is 2. The summed E-state index contributed by atoms with van der Waals surface area (Å²) in [6.07, 6.45) is 5.70. The summed E-state index contributed by atoms with van der Waals surface area (Å²) in [5.74, 6) is 2.04. The van der Waals surface area contributed by atoms with E-state index in [4.69, 9.17) is 4.74 Å². The lowest BCUT2D eigenvalue weighted by Gasteiger charge is -2.19. The van der Waals surface area contributed by atoms with Gasteiger partial charge >= 0.3 is 0 Å². The standard InChI is InChI=1S/C17H27N3O/c1-10(2)7-15-11(3)19-17(20-12(15)4)18-9-13-8-14-5-6-16(13)21-14/h10,13-14,16H,5-9H2,1-4H3,(H,18,19,20).